The molecule has 0 saturated heterocycles. The smallest absolute Gasteiger partial charge is 0.132 e. The number of hydroxylamine groups is 1. The molecule has 1 aliphatic heterocycles. The number of aliphatic imine (C=N–C) groups is 2. The second-order valence-electron chi connectivity index (χ2n) is 4.82. The zero-order valence-corrected chi connectivity index (χ0v) is 12.3. The van der Waals surface area contributed by atoms with Gasteiger partial charge in [0.25, 0.3) is 0 Å². The van der Waals surface area contributed by atoms with E-state index in [0.717, 1.165) is 0 Å². The fourth-order valence-electron chi connectivity index (χ4n) is 2.33. The van der Waals surface area contributed by atoms with E-state index in [4.69, 9.17) is 16.8 Å². The Bertz CT molecular complexity index is 774. The van der Waals surface area contributed by atoms with Crippen LogP contribution in [-0.2, 0) is 0 Å². The molecule has 2 N–H and O–H groups in total. The molecule has 0 fully saturated rings. The first-order valence-electron chi connectivity index (χ1n) is 6.71. The van der Waals surface area contributed by atoms with Gasteiger partial charge >= 0.3 is 0 Å². The minimum atomic E-state index is -0.351. The summed E-state index contributed by atoms with van der Waals surface area (Å²) in [4.78, 5) is 8.95. The zero-order chi connectivity index (χ0) is 15.5. The van der Waals surface area contributed by atoms with Gasteiger partial charge in [0.05, 0.1) is 30.2 Å². The van der Waals surface area contributed by atoms with Crippen LogP contribution in [0.3, 0.4) is 0 Å². The fourth-order valence-corrected chi connectivity index (χ4v) is 2.50. The van der Waals surface area contributed by atoms with Crippen LogP contribution in [0.15, 0.2) is 52.4 Å². The molecule has 6 heteroatoms. The zero-order valence-electron chi connectivity index (χ0n) is 11.6. The monoisotopic (exact) mass is 317 g/mol. The molecule has 2 aromatic carbocycles. The Morgan fingerprint density at radius 3 is 2.77 bits per heavy atom. The Hall–Kier alpha value is -2.08. The van der Waals surface area contributed by atoms with Gasteiger partial charge in [-0.25, -0.2) is 4.39 Å². The fraction of sp³-hybridized carbons (Fsp3) is 0.125. The number of fused-ring (bicyclic) bond motifs is 1. The van der Waals surface area contributed by atoms with Crippen molar-refractivity contribution >= 4 is 28.7 Å². The van der Waals surface area contributed by atoms with Gasteiger partial charge in [0, 0.05) is 16.1 Å². The molecule has 4 nitrogen and oxygen atoms in total. The van der Waals surface area contributed by atoms with E-state index in [1.807, 2.05) is 0 Å². The van der Waals surface area contributed by atoms with Gasteiger partial charge in [0.1, 0.15) is 5.82 Å². The average molecular weight is 318 g/mol. The first-order chi connectivity index (χ1) is 10.7. The topological polar surface area (TPSA) is 57.0 Å². The predicted octanol–water partition coefficient (Wildman–Crippen LogP) is 3.38. The van der Waals surface area contributed by atoms with Crippen LogP contribution < -0.4 is 5.48 Å². The van der Waals surface area contributed by atoms with Crippen molar-refractivity contribution < 1.29 is 9.60 Å². The lowest BCUT2D eigenvalue weighted by Gasteiger charge is -2.09. The molecular formula is C16H13ClFN3O. The van der Waals surface area contributed by atoms with Crippen molar-refractivity contribution in [1.29, 1.82) is 0 Å². The second-order valence-corrected chi connectivity index (χ2v) is 5.26. The van der Waals surface area contributed by atoms with Crippen LogP contribution in [0.1, 0.15) is 11.1 Å². The summed E-state index contributed by atoms with van der Waals surface area (Å²) in [6.07, 6.45) is 0. The number of hydrogen-bond acceptors (Lipinski definition) is 4. The van der Waals surface area contributed by atoms with Gasteiger partial charge < -0.3 is 5.21 Å². The van der Waals surface area contributed by atoms with Crippen LogP contribution in [0.4, 0.5) is 10.1 Å². The second kappa shape index (κ2) is 6.36. The van der Waals surface area contributed by atoms with Gasteiger partial charge in [-0.15, -0.1) is 0 Å². The summed E-state index contributed by atoms with van der Waals surface area (Å²) in [5, 5.41) is 9.40. The molecule has 112 valence electrons. The van der Waals surface area contributed by atoms with E-state index in [2.05, 4.69) is 15.5 Å². The standard InChI is InChI=1S/C16H13ClFN3O/c17-10-5-6-15-13(7-10)16(12-3-1-2-4-14(12)18)19-8-11(21-15)9-20-22/h1-7,20,22H,8-9H2. The van der Waals surface area contributed by atoms with Crippen molar-refractivity contribution in [3.8, 4) is 0 Å². The third kappa shape index (κ3) is 2.92. The summed E-state index contributed by atoms with van der Waals surface area (Å²) >= 11 is 6.07. The molecule has 0 spiro atoms. The molecule has 0 atom stereocenters. The van der Waals surface area contributed by atoms with Crippen LogP contribution >= 0.6 is 11.6 Å². The summed E-state index contributed by atoms with van der Waals surface area (Å²) in [7, 11) is 0. The lowest BCUT2D eigenvalue weighted by atomic mass is 10.0. The van der Waals surface area contributed by atoms with Gasteiger partial charge in [-0.05, 0) is 30.3 Å². The number of nitrogens with zero attached hydrogens (tertiary/aromatic N) is 2. The Balaban J connectivity index is 2.17. The summed E-state index contributed by atoms with van der Waals surface area (Å²) in [5.41, 5.74) is 4.95. The molecule has 2 aromatic rings. The molecule has 0 aromatic heterocycles. The van der Waals surface area contributed by atoms with Crippen molar-refractivity contribution in [3.63, 3.8) is 0 Å². The SMILES string of the molecule is ONCC1=Nc2ccc(Cl)cc2C(c2ccccc2F)=NC1. The number of halogens is 2. The van der Waals surface area contributed by atoms with Crippen molar-refractivity contribution in [2.24, 2.45) is 9.98 Å². The maximum absolute atomic E-state index is 14.1. The molecule has 0 saturated carbocycles. The number of rotatable bonds is 3. The van der Waals surface area contributed by atoms with Crippen molar-refractivity contribution in [2.45, 2.75) is 0 Å². The minimum absolute atomic E-state index is 0.191. The van der Waals surface area contributed by atoms with E-state index in [-0.39, 0.29) is 18.9 Å². The molecule has 0 amide bonds. The van der Waals surface area contributed by atoms with E-state index < -0.39 is 0 Å². The number of benzene rings is 2. The quantitative estimate of drug-likeness (QED) is 0.853. The average Bonchev–Trinajstić information content (AvgIpc) is 2.68. The Morgan fingerprint density at radius 2 is 2.00 bits per heavy atom. The Labute approximate surface area is 132 Å². The van der Waals surface area contributed by atoms with E-state index in [1.165, 1.54) is 6.07 Å². The van der Waals surface area contributed by atoms with Crippen LogP contribution in [0.2, 0.25) is 5.02 Å². The Kier molecular flexibility index (Phi) is 4.29. The van der Waals surface area contributed by atoms with Crippen LogP contribution in [-0.4, -0.2) is 29.7 Å². The van der Waals surface area contributed by atoms with Gasteiger partial charge in [-0.2, -0.15) is 5.48 Å². The highest BCUT2D eigenvalue weighted by atomic mass is 35.5. The third-order valence-electron chi connectivity index (χ3n) is 3.32. The highest BCUT2D eigenvalue weighted by molar-refractivity contribution is 6.31. The van der Waals surface area contributed by atoms with Crippen molar-refractivity contribution in [1.82, 2.24) is 5.48 Å². The normalized spacial score (nSPS) is 14.0. The van der Waals surface area contributed by atoms with Crippen molar-refractivity contribution in [3.05, 3.63) is 64.4 Å². The van der Waals surface area contributed by atoms with Gasteiger partial charge in [0.2, 0.25) is 0 Å². The van der Waals surface area contributed by atoms with Crippen LogP contribution in [0.5, 0.6) is 0 Å². The molecule has 3 rings (SSSR count). The maximum atomic E-state index is 14.1. The Morgan fingerprint density at radius 1 is 1.18 bits per heavy atom. The summed E-state index contributed by atoms with van der Waals surface area (Å²) < 4.78 is 14.1. The van der Waals surface area contributed by atoms with E-state index in [1.54, 1.807) is 36.4 Å². The first kappa shape index (κ1) is 14.8. The van der Waals surface area contributed by atoms with Gasteiger partial charge in [0.15, 0.2) is 0 Å². The summed E-state index contributed by atoms with van der Waals surface area (Å²) in [6.45, 7) is 0.458. The van der Waals surface area contributed by atoms with Crippen LogP contribution in [0.25, 0.3) is 0 Å². The summed E-state index contributed by atoms with van der Waals surface area (Å²) in [6, 6.07) is 11.7. The summed E-state index contributed by atoms with van der Waals surface area (Å²) in [5.74, 6) is -0.351. The van der Waals surface area contributed by atoms with Gasteiger partial charge in [-0.1, -0.05) is 23.7 Å². The highest BCUT2D eigenvalue weighted by Gasteiger charge is 2.18. The lowest BCUT2D eigenvalue weighted by molar-refractivity contribution is 0.183. The van der Waals surface area contributed by atoms with Crippen LogP contribution in [0, 0.1) is 5.82 Å². The van der Waals surface area contributed by atoms with E-state index in [9.17, 15) is 4.39 Å². The molecule has 0 unspecified atom stereocenters. The molecule has 0 aliphatic carbocycles. The molecule has 22 heavy (non-hydrogen) atoms. The van der Waals surface area contributed by atoms with Crippen molar-refractivity contribution in [2.75, 3.05) is 13.1 Å². The molecular weight excluding hydrogens is 305 g/mol. The third-order valence-corrected chi connectivity index (χ3v) is 3.56. The molecule has 0 bridgehead atoms. The van der Waals surface area contributed by atoms with E-state index >= 15 is 0 Å². The number of hydrogen-bond donors (Lipinski definition) is 2. The number of nitrogens with one attached hydrogen (secondary N) is 1. The molecule has 1 aliphatic rings. The largest absolute Gasteiger partial charge is 0.316 e. The first-order valence-corrected chi connectivity index (χ1v) is 7.09. The minimum Gasteiger partial charge on any atom is -0.316 e. The lowest BCUT2D eigenvalue weighted by Crippen LogP contribution is -2.21. The molecule has 1 heterocycles. The molecule has 0 radical (unpaired) electrons. The van der Waals surface area contributed by atoms with E-state index in [0.29, 0.717) is 33.3 Å². The highest BCUT2D eigenvalue weighted by Crippen LogP contribution is 2.29. The van der Waals surface area contributed by atoms with Gasteiger partial charge in [-0.3, -0.25) is 9.98 Å². The predicted molar refractivity (Wildman–Crippen MR) is 85.2 cm³/mol. The maximum Gasteiger partial charge on any atom is 0.132 e.